The van der Waals surface area contributed by atoms with Crippen LogP contribution in [0.2, 0.25) is 0 Å². The van der Waals surface area contributed by atoms with Crippen LogP contribution in [0.25, 0.3) is 0 Å². The average molecular weight is 319 g/mol. The Bertz CT molecular complexity index is 504. The molecule has 1 aromatic carbocycles. The third-order valence-corrected chi connectivity index (χ3v) is 3.52. The Hall–Kier alpha value is -1.88. The molecule has 0 saturated heterocycles. The first-order chi connectivity index (χ1) is 10.8. The summed E-state index contributed by atoms with van der Waals surface area (Å²) < 4.78 is 0. The number of carbonyl (C=O) groups excluding carboxylic acids is 2. The van der Waals surface area contributed by atoms with Crippen molar-refractivity contribution < 1.29 is 9.59 Å². The highest BCUT2D eigenvalue weighted by Gasteiger charge is 2.14. The monoisotopic (exact) mass is 319 g/mol. The highest BCUT2D eigenvalue weighted by atomic mass is 16.2. The smallest absolute Gasteiger partial charge is 0.251 e. The Morgan fingerprint density at radius 1 is 0.957 bits per heavy atom. The first-order valence-electron chi connectivity index (χ1n) is 8.20. The molecule has 23 heavy (non-hydrogen) atoms. The van der Waals surface area contributed by atoms with Crippen molar-refractivity contribution in [1.82, 2.24) is 16.0 Å². The van der Waals surface area contributed by atoms with Gasteiger partial charge in [-0.2, -0.15) is 0 Å². The molecule has 0 aliphatic carbocycles. The molecule has 0 fully saturated rings. The fourth-order valence-corrected chi connectivity index (χ4v) is 2.07. The molecular formula is C18H29N3O2. The second kappa shape index (κ2) is 9.30. The van der Waals surface area contributed by atoms with E-state index in [4.69, 9.17) is 0 Å². The summed E-state index contributed by atoms with van der Waals surface area (Å²) in [5.41, 5.74) is 1.87. The highest BCUT2D eigenvalue weighted by Crippen LogP contribution is 2.22. The molecule has 0 aliphatic rings. The lowest BCUT2D eigenvalue weighted by Gasteiger charge is -2.19. The van der Waals surface area contributed by atoms with Crippen molar-refractivity contribution in [2.75, 3.05) is 26.2 Å². The lowest BCUT2D eigenvalue weighted by molar-refractivity contribution is -0.120. The minimum absolute atomic E-state index is 0.0497. The van der Waals surface area contributed by atoms with Crippen molar-refractivity contribution in [1.29, 1.82) is 0 Å². The van der Waals surface area contributed by atoms with Crippen molar-refractivity contribution in [3.8, 4) is 0 Å². The van der Waals surface area contributed by atoms with Crippen LogP contribution in [0.4, 0.5) is 0 Å². The van der Waals surface area contributed by atoms with Gasteiger partial charge in [-0.25, -0.2) is 0 Å². The van der Waals surface area contributed by atoms with E-state index in [0.717, 1.165) is 13.1 Å². The number of carbonyl (C=O) groups is 2. The Labute approximate surface area is 139 Å². The molecule has 0 bridgehead atoms. The summed E-state index contributed by atoms with van der Waals surface area (Å²) in [5.74, 6) is -0.197. The van der Waals surface area contributed by atoms with E-state index < -0.39 is 0 Å². The number of hydrogen-bond donors (Lipinski definition) is 3. The number of amides is 2. The van der Waals surface area contributed by atoms with E-state index in [-0.39, 0.29) is 23.7 Å². The first kappa shape index (κ1) is 19.2. The molecule has 0 radical (unpaired) electrons. The summed E-state index contributed by atoms with van der Waals surface area (Å²) in [6.07, 6.45) is 0.290. The maximum Gasteiger partial charge on any atom is 0.251 e. The van der Waals surface area contributed by atoms with Gasteiger partial charge in [0, 0.05) is 31.6 Å². The van der Waals surface area contributed by atoms with Crippen LogP contribution in [-0.4, -0.2) is 38.0 Å². The van der Waals surface area contributed by atoms with Gasteiger partial charge in [0.15, 0.2) is 0 Å². The summed E-state index contributed by atoms with van der Waals surface area (Å²) in [7, 11) is 0. The van der Waals surface area contributed by atoms with E-state index in [0.29, 0.717) is 18.7 Å². The second-order valence-corrected chi connectivity index (χ2v) is 6.54. The highest BCUT2D eigenvalue weighted by molar-refractivity contribution is 5.94. The van der Waals surface area contributed by atoms with Gasteiger partial charge in [-0.3, -0.25) is 9.59 Å². The van der Waals surface area contributed by atoms with Crippen molar-refractivity contribution in [3.05, 3.63) is 35.4 Å². The zero-order valence-corrected chi connectivity index (χ0v) is 14.7. The topological polar surface area (TPSA) is 70.2 Å². The molecule has 5 heteroatoms. The van der Waals surface area contributed by atoms with Gasteiger partial charge in [0.2, 0.25) is 5.91 Å². The van der Waals surface area contributed by atoms with Crippen LogP contribution in [0.5, 0.6) is 0 Å². The van der Waals surface area contributed by atoms with Gasteiger partial charge in [-0.1, -0.05) is 39.8 Å². The predicted octanol–water partition coefficient (Wildman–Crippen LogP) is 1.83. The molecule has 0 aliphatic heterocycles. The van der Waals surface area contributed by atoms with Crippen LogP contribution in [0.1, 0.15) is 50.0 Å². The number of benzene rings is 1. The van der Waals surface area contributed by atoms with Gasteiger partial charge in [0.1, 0.15) is 0 Å². The minimum atomic E-state index is -0.147. The molecule has 3 N–H and O–H groups in total. The van der Waals surface area contributed by atoms with Gasteiger partial charge in [-0.15, -0.1) is 0 Å². The largest absolute Gasteiger partial charge is 0.355 e. The lowest BCUT2D eigenvalue weighted by atomic mass is 9.87. The molecule has 0 atom stereocenters. The van der Waals surface area contributed by atoms with Gasteiger partial charge >= 0.3 is 0 Å². The fourth-order valence-electron chi connectivity index (χ4n) is 2.07. The van der Waals surface area contributed by atoms with Gasteiger partial charge in [0.05, 0.1) is 0 Å². The molecule has 128 valence electrons. The van der Waals surface area contributed by atoms with E-state index >= 15 is 0 Å². The van der Waals surface area contributed by atoms with Crippen LogP contribution in [0.15, 0.2) is 24.3 Å². The summed E-state index contributed by atoms with van der Waals surface area (Å²) in [5, 5.41) is 8.71. The number of nitrogens with one attached hydrogen (secondary N) is 3. The van der Waals surface area contributed by atoms with E-state index in [2.05, 4.69) is 36.7 Å². The van der Waals surface area contributed by atoms with Crippen LogP contribution in [0, 0.1) is 0 Å². The van der Waals surface area contributed by atoms with Crippen molar-refractivity contribution in [2.45, 2.75) is 39.5 Å². The summed E-state index contributed by atoms with van der Waals surface area (Å²) in [6.45, 7) is 11.0. The van der Waals surface area contributed by atoms with Crippen LogP contribution in [0.3, 0.4) is 0 Å². The number of hydrogen-bond acceptors (Lipinski definition) is 3. The molecule has 1 aromatic rings. The molecular weight excluding hydrogens is 290 g/mol. The Balaban J connectivity index is 2.32. The third kappa shape index (κ3) is 7.28. The third-order valence-electron chi connectivity index (χ3n) is 3.52. The number of likely N-dealkylation sites (N-methyl/N-ethyl adjacent to an activating group) is 1. The van der Waals surface area contributed by atoms with E-state index in [9.17, 15) is 9.59 Å². The zero-order valence-electron chi connectivity index (χ0n) is 14.7. The Kier molecular flexibility index (Phi) is 7.75. The predicted molar refractivity (Wildman–Crippen MR) is 93.6 cm³/mol. The van der Waals surface area contributed by atoms with Crippen LogP contribution in [-0.2, 0) is 10.2 Å². The SMILES string of the molecule is CCNCCNC(=O)CCNC(=O)c1ccc(C(C)(C)C)cc1. The van der Waals surface area contributed by atoms with E-state index in [1.54, 1.807) is 0 Å². The van der Waals surface area contributed by atoms with Crippen LogP contribution < -0.4 is 16.0 Å². The van der Waals surface area contributed by atoms with Crippen molar-refractivity contribution >= 4 is 11.8 Å². The maximum atomic E-state index is 12.0. The van der Waals surface area contributed by atoms with E-state index in [1.165, 1.54) is 5.56 Å². The average Bonchev–Trinajstić information content (AvgIpc) is 2.51. The zero-order chi connectivity index (χ0) is 17.3. The molecule has 1 rings (SSSR count). The molecule has 5 nitrogen and oxygen atoms in total. The van der Waals surface area contributed by atoms with Crippen LogP contribution >= 0.6 is 0 Å². The first-order valence-corrected chi connectivity index (χ1v) is 8.20. The fraction of sp³-hybridized carbons (Fsp3) is 0.556. The second-order valence-electron chi connectivity index (χ2n) is 6.54. The molecule has 0 heterocycles. The van der Waals surface area contributed by atoms with E-state index in [1.807, 2.05) is 31.2 Å². The Morgan fingerprint density at radius 2 is 1.61 bits per heavy atom. The quantitative estimate of drug-likeness (QED) is 0.640. The summed E-state index contributed by atoms with van der Waals surface area (Å²) in [4.78, 5) is 23.6. The summed E-state index contributed by atoms with van der Waals surface area (Å²) in [6, 6.07) is 7.60. The summed E-state index contributed by atoms with van der Waals surface area (Å²) >= 11 is 0. The number of rotatable bonds is 8. The molecule has 0 aromatic heterocycles. The molecule has 2 amide bonds. The molecule has 0 spiro atoms. The normalized spacial score (nSPS) is 11.1. The standard InChI is InChI=1S/C18H29N3O2/c1-5-19-12-13-20-16(22)10-11-21-17(23)14-6-8-15(9-7-14)18(2,3)4/h6-9,19H,5,10-13H2,1-4H3,(H,20,22)(H,21,23). The maximum absolute atomic E-state index is 12.0. The Morgan fingerprint density at radius 3 is 2.17 bits per heavy atom. The minimum Gasteiger partial charge on any atom is -0.355 e. The molecule has 0 unspecified atom stereocenters. The van der Waals surface area contributed by atoms with Crippen molar-refractivity contribution in [2.24, 2.45) is 0 Å². The van der Waals surface area contributed by atoms with Gasteiger partial charge < -0.3 is 16.0 Å². The van der Waals surface area contributed by atoms with Gasteiger partial charge in [0.25, 0.3) is 5.91 Å². The van der Waals surface area contributed by atoms with Crippen molar-refractivity contribution in [3.63, 3.8) is 0 Å². The molecule has 0 saturated carbocycles. The lowest BCUT2D eigenvalue weighted by Crippen LogP contribution is -2.34. The van der Waals surface area contributed by atoms with Gasteiger partial charge in [-0.05, 0) is 29.7 Å².